The molecule has 2 heterocycles. The molecule has 0 spiro atoms. The summed E-state index contributed by atoms with van der Waals surface area (Å²) < 4.78 is 43.1. The molecular formula is C16H23F3N4O4. The number of hydrogen-bond donors (Lipinski definition) is 1. The predicted molar refractivity (Wildman–Crippen MR) is 90.2 cm³/mol. The average molecular weight is 392 g/mol. The van der Waals surface area contributed by atoms with Crippen LogP contribution >= 0.6 is 0 Å². The fourth-order valence-electron chi connectivity index (χ4n) is 2.99. The summed E-state index contributed by atoms with van der Waals surface area (Å²) in [7, 11) is 2.85. The van der Waals surface area contributed by atoms with Gasteiger partial charge in [-0.1, -0.05) is 0 Å². The molecule has 1 aliphatic heterocycles. The van der Waals surface area contributed by atoms with Crippen LogP contribution in [0, 0.1) is 0 Å². The van der Waals surface area contributed by atoms with Crippen LogP contribution in [-0.2, 0) is 30.2 Å². The number of rotatable bonds is 7. The molecule has 2 rings (SSSR count). The van der Waals surface area contributed by atoms with Crippen LogP contribution in [0.2, 0.25) is 0 Å². The predicted octanol–water partition coefficient (Wildman–Crippen LogP) is -0.256. The van der Waals surface area contributed by atoms with Crippen LogP contribution in [0.3, 0.4) is 0 Å². The second kappa shape index (κ2) is 8.70. The maximum absolute atomic E-state index is 12.6. The fraction of sp³-hybridized carbons (Fsp3) is 0.688. The van der Waals surface area contributed by atoms with Gasteiger partial charge in [-0.25, -0.2) is 4.79 Å². The third-order valence-electron chi connectivity index (χ3n) is 4.38. The summed E-state index contributed by atoms with van der Waals surface area (Å²) in [6.45, 7) is -0.566. The number of halogens is 3. The van der Waals surface area contributed by atoms with E-state index < -0.39 is 29.9 Å². The van der Waals surface area contributed by atoms with E-state index >= 15 is 0 Å². The molecule has 0 aromatic carbocycles. The van der Waals surface area contributed by atoms with Crippen molar-refractivity contribution in [1.82, 2.24) is 19.4 Å². The van der Waals surface area contributed by atoms with Crippen LogP contribution in [0.4, 0.5) is 13.2 Å². The van der Waals surface area contributed by atoms with E-state index in [0.29, 0.717) is 19.5 Å². The van der Waals surface area contributed by atoms with Crippen molar-refractivity contribution in [3.63, 3.8) is 0 Å². The SMILES string of the molecule is Cn1cc(CN(C(=O)CCOCC(F)(F)F)[C@H]2CCNC2)c(=O)n(C)c1=O. The Hall–Kier alpha value is -2.14. The number of carbonyl (C=O) groups is 1. The molecule has 1 atom stereocenters. The molecule has 27 heavy (non-hydrogen) atoms. The van der Waals surface area contributed by atoms with E-state index in [1.54, 1.807) is 0 Å². The lowest BCUT2D eigenvalue weighted by Gasteiger charge is -2.28. The van der Waals surface area contributed by atoms with E-state index in [1.165, 1.54) is 29.8 Å². The highest BCUT2D eigenvalue weighted by atomic mass is 19.4. The van der Waals surface area contributed by atoms with E-state index in [4.69, 9.17) is 0 Å². The molecule has 1 saturated heterocycles. The Labute approximate surface area is 153 Å². The van der Waals surface area contributed by atoms with Crippen LogP contribution in [0.5, 0.6) is 0 Å². The lowest BCUT2D eigenvalue weighted by molar-refractivity contribution is -0.175. The highest BCUT2D eigenvalue weighted by Gasteiger charge is 2.29. The number of nitrogens with one attached hydrogen (secondary N) is 1. The monoisotopic (exact) mass is 392 g/mol. The van der Waals surface area contributed by atoms with Gasteiger partial charge in [0.2, 0.25) is 5.91 Å². The van der Waals surface area contributed by atoms with E-state index in [0.717, 1.165) is 4.57 Å². The van der Waals surface area contributed by atoms with Gasteiger partial charge in [-0.3, -0.25) is 14.2 Å². The first-order chi connectivity index (χ1) is 12.6. The first-order valence-electron chi connectivity index (χ1n) is 8.50. The number of aryl methyl sites for hydroxylation is 1. The number of hydrogen-bond acceptors (Lipinski definition) is 5. The second-order valence-corrected chi connectivity index (χ2v) is 6.50. The van der Waals surface area contributed by atoms with Crippen LogP contribution in [0.15, 0.2) is 15.8 Å². The number of nitrogens with zero attached hydrogens (tertiary/aromatic N) is 3. The van der Waals surface area contributed by atoms with Crippen LogP contribution in [0.25, 0.3) is 0 Å². The van der Waals surface area contributed by atoms with Gasteiger partial charge in [0.25, 0.3) is 5.56 Å². The van der Waals surface area contributed by atoms with Crippen molar-refractivity contribution >= 4 is 5.91 Å². The zero-order valence-electron chi connectivity index (χ0n) is 15.2. The summed E-state index contributed by atoms with van der Waals surface area (Å²) in [6, 6.07) is -0.179. The molecular weight excluding hydrogens is 369 g/mol. The van der Waals surface area contributed by atoms with Crippen LogP contribution in [0.1, 0.15) is 18.4 Å². The minimum atomic E-state index is -4.45. The highest BCUT2D eigenvalue weighted by molar-refractivity contribution is 5.76. The Morgan fingerprint density at radius 2 is 2.07 bits per heavy atom. The standard InChI is InChI=1S/C16H23F3N4O4/c1-21-8-11(14(25)22(2)15(21)26)9-23(12-3-5-20-7-12)13(24)4-6-27-10-16(17,18)19/h8,12,20H,3-7,9-10H2,1-2H3/t12-/m0/s1. The summed E-state index contributed by atoms with van der Waals surface area (Å²) >= 11 is 0. The first-order valence-corrected chi connectivity index (χ1v) is 8.50. The number of ether oxygens (including phenoxy) is 1. The molecule has 0 bridgehead atoms. The maximum Gasteiger partial charge on any atom is 0.411 e. The number of alkyl halides is 3. The summed E-state index contributed by atoms with van der Waals surface area (Å²) in [5.41, 5.74) is -0.726. The van der Waals surface area contributed by atoms with Crippen molar-refractivity contribution in [2.24, 2.45) is 14.1 Å². The van der Waals surface area contributed by atoms with Crippen molar-refractivity contribution in [3.05, 3.63) is 32.6 Å². The van der Waals surface area contributed by atoms with Crippen molar-refractivity contribution in [2.75, 3.05) is 26.3 Å². The van der Waals surface area contributed by atoms with Crippen molar-refractivity contribution in [3.8, 4) is 0 Å². The molecule has 1 aliphatic rings. The van der Waals surface area contributed by atoms with Crippen LogP contribution in [-0.4, -0.2) is 58.5 Å². The second-order valence-electron chi connectivity index (χ2n) is 6.50. The Morgan fingerprint density at radius 3 is 2.67 bits per heavy atom. The quantitative estimate of drug-likeness (QED) is 0.647. The molecule has 1 fully saturated rings. The third kappa shape index (κ3) is 5.67. The molecule has 1 amide bonds. The minimum absolute atomic E-state index is 0.0226. The van der Waals surface area contributed by atoms with Gasteiger partial charge in [-0.2, -0.15) is 13.2 Å². The van der Waals surface area contributed by atoms with E-state index in [1.807, 2.05) is 0 Å². The Morgan fingerprint density at radius 1 is 1.37 bits per heavy atom. The molecule has 1 N–H and O–H groups in total. The molecule has 8 nitrogen and oxygen atoms in total. The van der Waals surface area contributed by atoms with E-state index in [9.17, 15) is 27.6 Å². The van der Waals surface area contributed by atoms with Gasteiger partial charge in [0.1, 0.15) is 6.61 Å². The third-order valence-corrected chi connectivity index (χ3v) is 4.38. The molecule has 0 saturated carbocycles. The number of aromatic nitrogens is 2. The highest BCUT2D eigenvalue weighted by Crippen LogP contribution is 2.16. The zero-order chi connectivity index (χ0) is 20.2. The minimum Gasteiger partial charge on any atom is -0.372 e. The maximum atomic E-state index is 12.6. The zero-order valence-corrected chi connectivity index (χ0v) is 15.2. The van der Waals surface area contributed by atoms with Crippen molar-refractivity contribution < 1.29 is 22.7 Å². The smallest absolute Gasteiger partial charge is 0.372 e. The van der Waals surface area contributed by atoms with Gasteiger partial charge in [0, 0.05) is 32.9 Å². The molecule has 152 valence electrons. The van der Waals surface area contributed by atoms with E-state index in [2.05, 4.69) is 10.1 Å². The normalized spacial score (nSPS) is 17.3. The molecule has 1 aromatic rings. The molecule has 0 unspecified atom stereocenters. The van der Waals surface area contributed by atoms with E-state index in [-0.39, 0.29) is 31.2 Å². The van der Waals surface area contributed by atoms with Gasteiger partial charge < -0.3 is 19.5 Å². The van der Waals surface area contributed by atoms with Crippen LogP contribution < -0.4 is 16.6 Å². The topological polar surface area (TPSA) is 85.6 Å². The molecule has 11 heteroatoms. The fourth-order valence-corrected chi connectivity index (χ4v) is 2.99. The van der Waals surface area contributed by atoms with Crippen molar-refractivity contribution in [1.29, 1.82) is 0 Å². The van der Waals surface area contributed by atoms with Crippen molar-refractivity contribution in [2.45, 2.75) is 31.6 Å². The number of carbonyl (C=O) groups excluding carboxylic acids is 1. The van der Waals surface area contributed by atoms with Gasteiger partial charge in [0.15, 0.2) is 0 Å². The summed E-state index contributed by atoms with van der Waals surface area (Å²) in [4.78, 5) is 38.2. The largest absolute Gasteiger partial charge is 0.411 e. The van der Waals surface area contributed by atoms with Gasteiger partial charge in [-0.05, 0) is 13.0 Å². The van der Waals surface area contributed by atoms with Gasteiger partial charge in [0.05, 0.1) is 25.1 Å². The van der Waals surface area contributed by atoms with Gasteiger partial charge in [-0.15, -0.1) is 0 Å². The first kappa shape index (κ1) is 21.2. The molecule has 1 aromatic heterocycles. The molecule has 0 aliphatic carbocycles. The van der Waals surface area contributed by atoms with Gasteiger partial charge >= 0.3 is 11.9 Å². The lowest BCUT2D eigenvalue weighted by Crippen LogP contribution is -2.45. The summed E-state index contributed by atoms with van der Waals surface area (Å²) in [5.74, 6) is -0.401. The summed E-state index contributed by atoms with van der Waals surface area (Å²) in [6.07, 6.45) is -2.62. The average Bonchev–Trinajstić information content (AvgIpc) is 3.12. The Balaban J connectivity index is 2.12. The Kier molecular flexibility index (Phi) is 6.82. The lowest BCUT2D eigenvalue weighted by atomic mass is 10.1. The summed E-state index contributed by atoms with van der Waals surface area (Å²) in [5, 5.41) is 3.11. The Bertz CT molecular complexity index is 781. The number of amides is 1. The molecule has 0 radical (unpaired) electrons.